The molecule has 8 heteroatoms. The van der Waals surface area contributed by atoms with E-state index >= 15 is 0 Å². The molecule has 0 aliphatic rings. The Hall–Kier alpha value is -2.22. The summed E-state index contributed by atoms with van der Waals surface area (Å²) < 4.78 is 23.0. The Labute approximate surface area is 108 Å². The monoisotopic (exact) mass is 272 g/mol. The van der Waals surface area contributed by atoms with Gasteiger partial charge in [-0.25, -0.2) is 0 Å². The minimum absolute atomic E-state index is 0.0463. The average Bonchev–Trinajstić information content (AvgIpc) is 2.36. The third-order valence-electron chi connectivity index (χ3n) is 2.11. The van der Waals surface area contributed by atoms with Crippen molar-refractivity contribution in [1.29, 1.82) is 0 Å². The maximum absolute atomic E-state index is 13.2. The second-order valence-electron chi connectivity index (χ2n) is 3.50. The zero-order chi connectivity index (χ0) is 14.3. The molecule has 0 saturated heterocycles. The summed E-state index contributed by atoms with van der Waals surface area (Å²) in [5.74, 6) is -1.36. The summed E-state index contributed by atoms with van der Waals surface area (Å²) in [6.45, 7) is 0.409. The third kappa shape index (κ3) is 4.88. The van der Waals surface area contributed by atoms with E-state index in [-0.39, 0.29) is 12.4 Å². The average molecular weight is 272 g/mol. The van der Waals surface area contributed by atoms with Crippen molar-refractivity contribution in [3.63, 3.8) is 0 Å². The van der Waals surface area contributed by atoms with Crippen LogP contribution in [0.4, 0.5) is 10.1 Å². The molecule has 0 fully saturated rings. The van der Waals surface area contributed by atoms with Crippen molar-refractivity contribution < 1.29 is 23.6 Å². The highest BCUT2D eigenvalue weighted by atomic mass is 19.1. The van der Waals surface area contributed by atoms with Crippen LogP contribution in [0.1, 0.15) is 0 Å². The van der Waals surface area contributed by atoms with Crippen LogP contribution in [0, 0.1) is 15.9 Å². The minimum Gasteiger partial charge on any atom is -0.484 e. The minimum atomic E-state index is -1.01. The molecule has 0 heterocycles. The van der Waals surface area contributed by atoms with Crippen LogP contribution in [0.5, 0.6) is 5.75 Å². The number of rotatable bonds is 7. The van der Waals surface area contributed by atoms with Crippen molar-refractivity contribution in [2.75, 3.05) is 26.9 Å². The fourth-order valence-electron chi connectivity index (χ4n) is 1.22. The summed E-state index contributed by atoms with van der Waals surface area (Å²) in [7, 11) is 1.50. The fourth-order valence-corrected chi connectivity index (χ4v) is 1.22. The molecule has 104 valence electrons. The number of nitro benzene ring substituents is 1. The standard InChI is InChI=1S/C11H13FN2O5/c1-18-5-4-13-11(15)7-19-8-2-3-10(14(16)17)9(12)6-8/h2-3,6H,4-5,7H2,1H3,(H,13,15). The number of hydrogen-bond donors (Lipinski definition) is 1. The number of nitrogens with zero attached hydrogens (tertiary/aromatic N) is 1. The summed E-state index contributed by atoms with van der Waals surface area (Å²) in [6, 6.07) is 3.07. The van der Waals surface area contributed by atoms with Crippen molar-refractivity contribution in [2.45, 2.75) is 0 Å². The van der Waals surface area contributed by atoms with E-state index < -0.39 is 22.3 Å². The first-order valence-electron chi connectivity index (χ1n) is 5.37. The number of methoxy groups -OCH3 is 1. The topological polar surface area (TPSA) is 90.7 Å². The van der Waals surface area contributed by atoms with Gasteiger partial charge in [-0.15, -0.1) is 0 Å². The molecule has 0 aromatic heterocycles. The molecule has 1 aromatic rings. The van der Waals surface area contributed by atoms with Crippen LogP contribution in [0.2, 0.25) is 0 Å². The van der Waals surface area contributed by atoms with Crippen LogP contribution in [-0.2, 0) is 9.53 Å². The number of halogens is 1. The van der Waals surface area contributed by atoms with Gasteiger partial charge < -0.3 is 14.8 Å². The van der Waals surface area contributed by atoms with Crippen molar-refractivity contribution in [3.05, 3.63) is 34.1 Å². The lowest BCUT2D eigenvalue weighted by Gasteiger charge is -2.07. The quantitative estimate of drug-likeness (QED) is 0.452. The summed E-state index contributed by atoms with van der Waals surface area (Å²) >= 11 is 0. The first-order chi connectivity index (χ1) is 9.04. The lowest BCUT2D eigenvalue weighted by molar-refractivity contribution is -0.387. The highest BCUT2D eigenvalue weighted by molar-refractivity contribution is 5.77. The van der Waals surface area contributed by atoms with Gasteiger partial charge >= 0.3 is 5.69 Å². The molecule has 0 unspecified atom stereocenters. The van der Waals surface area contributed by atoms with E-state index in [1.807, 2.05) is 0 Å². The predicted octanol–water partition coefficient (Wildman–Crippen LogP) is 0.875. The van der Waals surface area contributed by atoms with E-state index in [2.05, 4.69) is 5.32 Å². The molecule has 0 atom stereocenters. The van der Waals surface area contributed by atoms with Gasteiger partial charge in [0, 0.05) is 25.8 Å². The number of nitro groups is 1. The number of hydrogen-bond acceptors (Lipinski definition) is 5. The Bertz CT molecular complexity index is 466. The Balaban J connectivity index is 2.48. The van der Waals surface area contributed by atoms with E-state index in [1.54, 1.807) is 0 Å². The van der Waals surface area contributed by atoms with Crippen LogP contribution in [0.15, 0.2) is 18.2 Å². The van der Waals surface area contributed by atoms with Gasteiger partial charge in [-0.05, 0) is 6.07 Å². The Morgan fingerprint density at radius 1 is 1.53 bits per heavy atom. The summed E-state index contributed by atoms with van der Waals surface area (Å²) in [6.07, 6.45) is 0. The van der Waals surface area contributed by atoms with Crippen molar-refractivity contribution in [2.24, 2.45) is 0 Å². The molecule has 0 saturated carbocycles. The highest BCUT2D eigenvalue weighted by Crippen LogP contribution is 2.22. The van der Waals surface area contributed by atoms with E-state index in [9.17, 15) is 19.3 Å². The lowest BCUT2D eigenvalue weighted by Crippen LogP contribution is -2.31. The van der Waals surface area contributed by atoms with Crippen LogP contribution < -0.4 is 10.1 Å². The van der Waals surface area contributed by atoms with Crippen molar-refractivity contribution >= 4 is 11.6 Å². The summed E-state index contributed by atoms with van der Waals surface area (Å²) in [4.78, 5) is 20.8. The van der Waals surface area contributed by atoms with Crippen molar-refractivity contribution in [3.8, 4) is 5.75 Å². The van der Waals surface area contributed by atoms with E-state index in [0.717, 1.165) is 12.1 Å². The van der Waals surface area contributed by atoms with Gasteiger partial charge in [-0.2, -0.15) is 4.39 Å². The normalized spacial score (nSPS) is 10.0. The Kier molecular flexibility index (Phi) is 5.68. The maximum atomic E-state index is 13.2. The smallest absolute Gasteiger partial charge is 0.305 e. The zero-order valence-corrected chi connectivity index (χ0v) is 10.2. The largest absolute Gasteiger partial charge is 0.484 e. The molecular formula is C11H13FN2O5. The second-order valence-corrected chi connectivity index (χ2v) is 3.50. The number of amides is 1. The summed E-state index contributed by atoms with van der Waals surface area (Å²) in [5, 5.41) is 12.9. The number of carbonyl (C=O) groups is 1. The van der Waals surface area contributed by atoms with E-state index in [0.29, 0.717) is 13.2 Å². The number of nitrogens with one attached hydrogen (secondary N) is 1. The predicted molar refractivity (Wildman–Crippen MR) is 63.4 cm³/mol. The third-order valence-corrected chi connectivity index (χ3v) is 2.11. The molecule has 0 aliphatic carbocycles. The first-order valence-corrected chi connectivity index (χ1v) is 5.37. The van der Waals surface area contributed by atoms with Crippen LogP contribution in [0.25, 0.3) is 0 Å². The zero-order valence-electron chi connectivity index (χ0n) is 10.2. The number of ether oxygens (including phenoxy) is 2. The molecule has 1 N–H and O–H groups in total. The molecule has 0 bridgehead atoms. The van der Waals surface area contributed by atoms with E-state index in [1.165, 1.54) is 13.2 Å². The number of benzene rings is 1. The van der Waals surface area contributed by atoms with Gasteiger partial charge in [-0.1, -0.05) is 0 Å². The number of carbonyl (C=O) groups excluding carboxylic acids is 1. The molecule has 0 aliphatic heterocycles. The Morgan fingerprint density at radius 3 is 2.84 bits per heavy atom. The Morgan fingerprint density at radius 2 is 2.26 bits per heavy atom. The van der Waals surface area contributed by atoms with Crippen LogP contribution in [0.3, 0.4) is 0 Å². The van der Waals surface area contributed by atoms with Crippen molar-refractivity contribution in [1.82, 2.24) is 5.32 Å². The van der Waals surface area contributed by atoms with Crippen LogP contribution >= 0.6 is 0 Å². The van der Waals surface area contributed by atoms with E-state index in [4.69, 9.17) is 9.47 Å². The van der Waals surface area contributed by atoms with Gasteiger partial charge in [-0.3, -0.25) is 14.9 Å². The SMILES string of the molecule is COCCNC(=O)COc1ccc([N+](=O)[O-])c(F)c1. The highest BCUT2D eigenvalue weighted by Gasteiger charge is 2.14. The van der Waals surface area contributed by atoms with Gasteiger partial charge in [0.05, 0.1) is 11.5 Å². The molecule has 1 aromatic carbocycles. The molecule has 7 nitrogen and oxygen atoms in total. The molecule has 0 radical (unpaired) electrons. The second kappa shape index (κ2) is 7.27. The molecular weight excluding hydrogens is 259 g/mol. The van der Waals surface area contributed by atoms with Gasteiger partial charge in [0.2, 0.25) is 5.82 Å². The van der Waals surface area contributed by atoms with Crippen LogP contribution in [-0.4, -0.2) is 37.7 Å². The summed E-state index contributed by atoms with van der Waals surface area (Å²) in [5.41, 5.74) is -0.642. The van der Waals surface area contributed by atoms with Gasteiger partial charge in [0.1, 0.15) is 5.75 Å². The maximum Gasteiger partial charge on any atom is 0.305 e. The van der Waals surface area contributed by atoms with Gasteiger partial charge in [0.15, 0.2) is 6.61 Å². The molecule has 1 amide bonds. The first kappa shape index (κ1) is 14.8. The molecule has 1 rings (SSSR count). The fraction of sp³-hybridized carbons (Fsp3) is 0.364. The molecule has 0 spiro atoms. The van der Waals surface area contributed by atoms with Gasteiger partial charge in [0.25, 0.3) is 5.91 Å². The molecule has 19 heavy (non-hydrogen) atoms. The lowest BCUT2D eigenvalue weighted by atomic mass is 10.3.